The molecule has 6 nitrogen and oxygen atoms in total. The van der Waals surface area contributed by atoms with Gasteiger partial charge in [-0.05, 0) is 12.3 Å². The van der Waals surface area contributed by atoms with Gasteiger partial charge in [0.1, 0.15) is 6.04 Å². The number of carbonyl (C=O) groups is 3. The van der Waals surface area contributed by atoms with E-state index in [1.807, 2.05) is 20.8 Å². The molecule has 20 heavy (non-hydrogen) atoms. The molecule has 0 aliphatic rings. The lowest BCUT2D eigenvalue weighted by Crippen LogP contribution is -2.42. The van der Waals surface area contributed by atoms with Crippen LogP contribution in [0, 0.1) is 5.92 Å². The van der Waals surface area contributed by atoms with Gasteiger partial charge in [0, 0.05) is 19.4 Å². The highest BCUT2D eigenvalue weighted by molar-refractivity contribution is 5.84. The third-order valence-corrected chi connectivity index (χ3v) is 2.75. The summed E-state index contributed by atoms with van der Waals surface area (Å²) in [6.07, 6.45) is 2.58. The summed E-state index contributed by atoms with van der Waals surface area (Å²) >= 11 is 0. The second-order valence-electron chi connectivity index (χ2n) is 5.30. The molecule has 1 atom stereocenters. The molecular weight excluding hydrogens is 260 g/mol. The molecule has 0 radical (unpaired) electrons. The second kappa shape index (κ2) is 10.2. The van der Waals surface area contributed by atoms with Crippen LogP contribution < -0.4 is 10.6 Å². The fourth-order valence-electron chi connectivity index (χ4n) is 1.69. The first-order chi connectivity index (χ1) is 9.36. The summed E-state index contributed by atoms with van der Waals surface area (Å²) in [5.41, 5.74) is 0. The largest absolute Gasteiger partial charge is 0.480 e. The van der Waals surface area contributed by atoms with Gasteiger partial charge in [-0.2, -0.15) is 0 Å². The number of rotatable bonds is 10. The highest BCUT2D eigenvalue weighted by atomic mass is 16.4. The molecule has 0 rings (SSSR count). The van der Waals surface area contributed by atoms with Crippen molar-refractivity contribution in [2.24, 2.45) is 5.92 Å². The molecule has 0 aromatic rings. The van der Waals surface area contributed by atoms with Crippen LogP contribution in [-0.4, -0.2) is 35.5 Å². The van der Waals surface area contributed by atoms with Crippen molar-refractivity contribution in [1.82, 2.24) is 10.6 Å². The number of aliphatic carboxylic acids is 1. The van der Waals surface area contributed by atoms with Crippen LogP contribution in [0.2, 0.25) is 0 Å². The minimum atomic E-state index is -1.02. The zero-order chi connectivity index (χ0) is 15.5. The third kappa shape index (κ3) is 9.35. The number of amides is 2. The van der Waals surface area contributed by atoms with Crippen LogP contribution in [0.4, 0.5) is 0 Å². The van der Waals surface area contributed by atoms with Crippen LogP contribution in [-0.2, 0) is 14.4 Å². The maximum atomic E-state index is 11.6. The van der Waals surface area contributed by atoms with Gasteiger partial charge in [0.25, 0.3) is 0 Å². The van der Waals surface area contributed by atoms with E-state index in [1.54, 1.807) is 0 Å². The van der Waals surface area contributed by atoms with E-state index in [2.05, 4.69) is 10.6 Å². The Morgan fingerprint density at radius 2 is 1.80 bits per heavy atom. The minimum Gasteiger partial charge on any atom is -0.480 e. The van der Waals surface area contributed by atoms with Gasteiger partial charge < -0.3 is 15.7 Å². The van der Waals surface area contributed by atoms with Gasteiger partial charge in [-0.25, -0.2) is 4.79 Å². The molecule has 0 aromatic heterocycles. The molecule has 0 aliphatic carbocycles. The smallest absolute Gasteiger partial charge is 0.326 e. The summed E-state index contributed by atoms with van der Waals surface area (Å²) in [7, 11) is 0. The topological polar surface area (TPSA) is 95.5 Å². The fourth-order valence-corrected chi connectivity index (χ4v) is 1.69. The lowest BCUT2D eigenvalue weighted by atomic mass is 10.1. The van der Waals surface area contributed by atoms with E-state index in [9.17, 15) is 14.4 Å². The number of hydrogen-bond donors (Lipinski definition) is 3. The Bertz CT molecular complexity index is 329. The van der Waals surface area contributed by atoms with E-state index < -0.39 is 12.0 Å². The molecule has 0 bridgehead atoms. The maximum absolute atomic E-state index is 11.6. The van der Waals surface area contributed by atoms with Gasteiger partial charge >= 0.3 is 5.97 Å². The Kier molecular flexibility index (Phi) is 9.41. The second-order valence-corrected chi connectivity index (χ2v) is 5.30. The van der Waals surface area contributed by atoms with Crippen LogP contribution in [0.3, 0.4) is 0 Å². The Hall–Kier alpha value is -1.59. The number of carboxylic acids is 1. The molecule has 3 N–H and O–H groups in total. The summed E-state index contributed by atoms with van der Waals surface area (Å²) in [6, 6.07) is -0.839. The minimum absolute atomic E-state index is 0.0893. The number of carboxylic acid groups (broad SMARTS) is 1. The van der Waals surface area contributed by atoms with Crippen LogP contribution in [0.5, 0.6) is 0 Å². The normalized spacial score (nSPS) is 12.0. The standard InChI is InChI=1S/C14H26N2O4/c1-4-5-6-11(14(19)20)16-12(17)7-8-15-13(18)9-10(2)3/h10-11H,4-9H2,1-3H3,(H,15,18)(H,16,17)(H,19,20)/t11-/m0/s1. The molecule has 116 valence electrons. The highest BCUT2D eigenvalue weighted by Gasteiger charge is 2.18. The Balaban J connectivity index is 3.96. The van der Waals surface area contributed by atoms with Gasteiger partial charge in [-0.3, -0.25) is 9.59 Å². The number of hydrogen-bond acceptors (Lipinski definition) is 3. The zero-order valence-electron chi connectivity index (χ0n) is 12.6. The molecule has 2 amide bonds. The Morgan fingerprint density at radius 1 is 1.15 bits per heavy atom. The first kappa shape index (κ1) is 18.4. The number of nitrogens with one attached hydrogen (secondary N) is 2. The lowest BCUT2D eigenvalue weighted by Gasteiger charge is -2.14. The van der Waals surface area contributed by atoms with Crippen molar-refractivity contribution in [3.63, 3.8) is 0 Å². The van der Waals surface area contributed by atoms with Crippen molar-refractivity contribution < 1.29 is 19.5 Å². The van der Waals surface area contributed by atoms with Gasteiger partial charge in [0.15, 0.2) is 0 Å². The predicted molar refractivity (Wildman–Crippen MR) is 76.2 cm³/mol. The molecule has 0 spiro atoms. The van der Waals surface area contributed by atoms with Gasteiger partial charge in [0.2, 0.25) is 11.8 Å². The van der Waals surface area contributed by atoms with Crippen molar-refractivity contribution in [2.45, 2.75) is 58.9 Å². The van der Waals surface area contributed by atoms with Crippen molar-refractivity contribution >= 4 is 17.8 Å². The first-order valence-electron chi connectivity index (χ1n) is 7.15. The van der Waals surface area contributed by atoms with Crippen molar-refractivity contribution in [3.8, 4) is 0 Å². The highest BCUT2D eigenvalue weighted by Crippen LogP contribution is 2.01. The summed E-state index contributed by atoms with van der Waals surface area (Å²) < 4.78 is 0. The van der Waals surface area contributed by atoms with E-state index in [-0.39, 0.29) is 30.7 Å². The van der Waals surface area contributed by atoms with Crippen molar-refractivity contribution in [3.05, 3.63) is 0 Å². The molecule has 6 heteroatoms. The van der Waals surface area contributed by atoms with Gasteiger partial charge in [-0.1, -0.05) is 33.6 Å². The average Bonchev–Trinajstić information content (AvgIpc) is 2.33. The van der Waals surface area contributed by atoms with Crippen LogP contribution >= 0.6 is 0 Å². The SMILES string of the molecule is CCCC[C@H](NC(=O)CCNC(=O)CC(C)C)C(=O)O. The van der Waals surface area contributed by atoms with E-state index in [0.29, 0.717) is 12.8 Å². The fraction of sp³-hybridized carbons (Fsp3) is 0.786. The summed E-state index contributed by atoms with van der Waals surface area (Å²) in [5, 5.41) is 14.1. The number of unbranched alkanes of at least 4 members (excludes halogenated alkanes) is 1. The Labute approximate surface area is 120 Å². The quantitative estimate of drug-likeness (QED) is 0.564. The van der Waals surface area contributed by atoms with E-state index in [0.717, 1.165) is 12.8 Å². The molecule has 0 saturated heterocycles. The lowest BCUT2D eigenvalue weighted by molar-refractivity contribution is -0.142. The van der Waals surface area contributed by atoms with Gasteiger partial charge in [-0.15, -0.1) is 0 Å². The molecule has 0 fully saturated rings. The molecule has 0 heterocycles. The van der Waals surface area contributed by atoms with Gasteiger partial charge in [0.05, 0.1) is 0 Å². The van der Waals surface area contributed by atoms with E-state index in [1.165, 1.54) is 0 Å². The third-order valence-electron chi connectivity index (χ3n) is 2.75. The number of carbonyl (C=O) groups excluding carboxylic acids is 2. The molecular formula is C14H26N2O4. The van der Waals surface area contributed by atoms with E-state index >= 15 is 0 Å². The molecule has 0 unspecified atom stereocenters. The van der Waals surface area contributed by atoms with Crippen molar-refractivity contribution in [2.75, 3.05) is 6.54 Å². The predicted octanol–water partition coefficient (Wildman–Crippen LogP) is 1.30. The monoisotopic (exact) mass is 286 g/mol. The van der Waals surface area contributed by atoms with Crippen LogP contribution in [0.15, 0.2) is 0 Å². The maximum Gasteiger partial charge on any atom is 0.326 e. The molecule has 0 aliphatic heterocycles. The molecule has 0 aromatic carbocycles. The van der Waals surface area contributed by atoms with Crippen LogP contribution in [0.1, 0.15) is 52.9 Å². The molecule has 0 saturated carbocycles. The zero-order valence-corrected chi connectivity index (χ0v) is 12.6. The van der Waals surface area contributed by atoms with Crippen LogP contribution in [0.25, 0.3) is 0 Å². The van der Waals surface area contributed by atoms with Crippen molar-refractivity contribution in [1.29, 1.82) is 0 Å². The summed E-state index contributed by atoms with van der Waals surface area (Å²) in [6.45, 7) is 6.08. The Morgan fingerprint density at radius 3 is 2.30 bits per heavy atom. The first-order valence-corrected chi connectivity index (χ1v) is 7.15. The summed E-state index contributed by atoms with van der Waals surface area (Å²) in [5.74, 6) is -1.18. The average molecular weight is 286 g/mol. The summed E-state index contributed by atoms with van der Waals surface area (Å²) in [4.78, 5) is 33.9. The van der Waals surface area contributed by atoms with E-state index in [4.69, 9.17) is 5.11 Å².